The Bertz CT molecular complexity index is 304. The third-order valence-electron chi connectivity index (χ3n) is 3.09. The summed E-state index contributed by atoms with van der Waals surface area (Å²) < 4.78 is 0. The lowest BCUT2D eigenvalue weighted by Crippen LogP contribution is -1.94. The first-order chi connectivity index (χ1) is 6.33. The topological polar surface area (TPSA) is 0 Å². The molecule has 1 aliphatic carbocycles. The van der Waals surface area contributed by atoms with E-state index in [0.29, 0.717) is 0 Å². The zero-order valence-electron chi connectivity index (χ0n) is 8.02. The van der Waals surface area contributed by atoms with Crippen LogP contribution in [0.25, 0.3) is 0 Å². The van der Waals surface area contributed by atoms with Gasteiger partial charge in [-0.1, -0.05) is 34.1 Å². The van der Waals surface area contributed by atoms with E-state index in [0.717, 1.165) is 11.2 Å². The van der Waals surface area contributed by atoms with Crippen molar-refractivity contribution >= 4 is 15.9 Å². The van der Waals surface area contributed by atoms with Crippen molar-refractivity contribution in [3.8, 4) is 0 Å². The summed E-state index contributed by atoms with van der Waals surface area (Å²) in [7, 11) is 0. The molecule has 1 aromatic rings. The molecule has 13 heavy (non-hydrogen) atoms. The minimum Gasteiger partial charge on any atom is -0.0928 e. The van der Waals surface area contributed by atoms with Crippen LogP contribution in [0.15, 0.2) is 18.2 Å². The first kappa shape index (κ1) is 9.26. The van der Waals surface area contributed by atoms with E-state index in [-0.39, 0.29) is 0 Å². The van der Waals surface area contributed by atoms with Crippen LogP contribution in [0.2, 0.25) is 0 Å². The van der Waals surface area contributed by atoms with Gasteiger partial charge in [-0.05, 0) is 48.8 Å². The maximum absolute atomic E-state index is 3.53. The third kappa shape index (κ3) is 1.67. The second kappa shape index (κ2) is 3.83. The molecule has 2 rings (SSSR count). The lowest BCUT2D eigenvalue weighted by Gasteiger charge is -2.09. The van der Waals surface area contributed by atoms with Crippen molar-refractivity contribution in [2.45, 2.75) is 32.1 Å². The van der Waals surface area contributed by atoms with E-state index in [1.807, 2.05) is 0 Å². The fraction of sp³-hybridized carbons (Fsp3) is 0.500. The van der Waals surface area contributed by atoms with Crippen LogP contribution in [0.3, 0.4) is 0 Å². The van der Waals surface area contributed by atoms with Gasteiger partial charge in [0.2, 0.25) is 0 Å². The van der Waals surface area contributed by atoms with Crippen molar-refractivity contribution in [3.05, 3.63) is 34.9 Å². The van der Waals surface area contributed by atoms with Crippen LogP contribution in [0, 0.1) is 6.92 Å². The highest BCUT2D eigenvalue weighted by molar-refractivity contribution is 9.09. The summed E-state index contributed by atoms with van der Waals surface area (Å²) in [5, 5.41) is 1.13. The molecule has 1 atom stereocenters. The molecule has 0 fully saturated rings. The van der Waals surface area contributed by atoms with Gasteiger partial charge in [-0.25, -0.2) is 0 Å². The average Bonchev–Trinajstić information content (AvgIpc) is 2.51. The second-order valence-corrected chi connectivity index (χ2v) is 4.65. The quantitative estimate of drug-likeness (QED) is 0.688. The Morgan fingerprint density at radius 3 is 3.08 bits per heavy atom. The van der Waals surface area contributed by atoms with Crippen molar-refractivity contribution in [1.82, 2.24) is 0 Å². The monoisotopic (exact) mass is 238 g/mol. The van der Waals surface area contributed by atoms with Crippen LogP contribution in [-0.2, 0) is 6.42 Å². The summed E-state index contributed by atoms with van der Waals surface area (Å²) in [4.78, 5) is 0. The third-order valence-corrected chi connectivity index (χ3v) is 3.54. The van der Waals surface area contributed by atoms with Crippen LogP contribution in [-0.4, -0.2) is 5.33 Å². The van der Waals surface area contributed by atoms with Gasteiger partial charge in [0, 0.05) is 5.33 Å². The van der Waals surface area contributed by atoms with E-state index in [4.69, 9.17) is 0 Å². The number of alkyl halides is 1. The largest absolute Gasteiger partial charge is 0.0928 e. The van der Waals surface area contributed by atoms with E-state index in [9.17, 15) is 0 Å². The number of benzene rings is 1. The molecule has 0 radical (unpaired) electrons. The summed E-state index contributed by atoms with van der Waals surface area (Å²) in [6, 6.07) is 6.73. The van der Waals surface area contributed by atoms with E-state index in [2.05, 4.69) is 41.1 Å². The molecular weight excluding hydrogens is 224 g/mol. The Labute approximate surface area is 88.5 Å². The summed E-state index contributed by atoms with van der Waals surface area (Å²) >= 11 is 3.53. The zero-order chi connectivity index (χ0) is 9.26. The van der Waals surface area contributed by atoms with Crippen LogP contribution >= 0.6 is 15.9 Å². The molecule has 0 aromatic heterocycles. The van der Waals surface area contributed by atoms with Crippen LogP contribution in [0.1, 0.15) is 35.4 Å². The SMILES string of the molecule is Cc1cccc2c1CCC2CCBr. The first-order valence-corrected chi connectivity index (χ1v) is 6.09. The van der Waals surface area contributed by atoms with E-state index in [1.54, 1.807) is 11.1 Å². The highest BCUT2D eigenvalue weighted by atomic mass is 79.9. The van der Waals surface area contributed by atoms with Gasteiger partial charge in [0.05, 0.1) is 0 Å². The van der Waals surface area contributed by atoms with Crippen molar-refractivity contribution in [2.24, 2.45) is 0 Å². The molecule has 1 aliphatic rings. The normalized spacial score (nSPS) is 20.3. The summed E-state index contributed by atoms with van der Waals surface area (Å²) in [5.41, 5.74) is 4.71. The van der Waals surface area contributed by atoms with E-state index in [1.165, 1.54) is 24.8 Å². The molecule has 70 valence electrons. The Morgan fingerprint density at radius 1 is 1.46 bits per heavy atom. The highest BCUT2D eigenvalue weighted by Gasteiger charge is 2.22. The minimum atomic E-state index is 0.814. The number of aryl methyl sites for hydroxylation is 1. The number of hydrogen-bond acceptors (Lipinski definition) is 0. The number of fused-ring (bicyclic) bond motifs is 1. The van der Waals surface area contributed by atoms with Crippen molar-refractivity contribution < 1.29 is 0 Å². The summed E-state index contributed by atoms with van der Waals surface area (Å²) in [6.07, 6.45) is 3.93. The second-order valence-electron chi connectivity index (χ2n) is 3.86. The molecule has 1 heteroatoms. The van der Waals surface area contributed by atoms with E-state index < -0.39 is 0 Å². The minimum absolute atomic E-state index is 0.814. The molecule has 0 nitrogen and oxygen atoms in total. The summed E-state index contributed by atoms with van der Waals surface area (Å²) in [5.74, 6) is 0.814. The van der Waals surface area contributed by atoms with Crippen LogP contribution in [0.4, 0.5) is 0 Å². The predicted molar refractivity (Wildman–Crippen MR) is 60.7 cm³/mol. The lowest BCUT2D eigenvalue weighted by atomic mass is 9.97. The molecule has 1 unspecified atom stereocenters. The Morgan fingerprint density at radius 2 is 2.31 bits per heavy atom. The van der Waals surface area contributed by atoms with Gasteiger partial charge in [0.1, 0.15) is 0 Å². The van der Waals surface area contributed by atoms with Crippen LogP contribution < -0.4 is 0 Å². The fourth-order valence-electron chi connectivity index (χ4n) is 2.35. The number of halogens is 1. The fourth-order valence-corrected chi connectivity index (χ4v) is 2.91. The highest BCUT2D eigenvalue weighted by Crippen LogP contribution is 2.37. The van der Waals surface area contributed by atoms with Gasteiger partial charge in [-0.2, -0.15) is 0 Å². The molecule has 0 amide bonds. The molecular formula is C12H15Br. The standard InChI is InChI=1S/C12H15Br/c1-9-3-2-4-12-10(7-8-13)5-6-11(9)12/h2-4,10H,5-8H2,1H3. The maximum atomic E-state index is 3.53. The number of rotatable bonds is 2. The maximum Gasteiger partial charge on any atom is 0.00371 e. The number of hydrogen-bond donors (Lipinski definition) is 0. The predicted octanol–water partition coefficient (Wildman–Crippen LogP) is 3.81. The average molecular weight is 239 g/mol. The Hall–Kier alpha value is -0.300. The molecule has 0 saturated heterocycles. The zero-order valence-corrected chi connectivity index (χ0v) is 9.60. The van der Waals surface area contributed by atoms with Crippen molar-refractivity contribution in [2.75, 3.05) is 5.33 Å². The smallest absolute Gasteiger partial charge is 0.00371 e. The molecule has 0 bridgehead atoms. The summed E-state index contributed by atoms with van der Waals surface area (Å²) in [6.45, 7) is 2.23. The first-order valence-electron chi connectivity index (χ1n) is 4.97. The molecule has 0 aliphatic heterocycles. The van der Waals surface area contributed by atoms with Gasteiger partial charge < -0.3 is 0 Å². The molecule has 0 spiro atoms. The van der Waals surface area contributed by atoms with Crippen molar-refractivity contribution in [1.29, 1.82) is 0 Å². The van der Waals surface area contributed by atoms with Crippen molar-refractivity contribution in [3.63, 3.8) is 0 Å². The van der Waals surface area contributed by atoms with E-state index >= 15 is 0 Å². The van der Waals surface area contributed by atoms with Gasteiger partial charge in [-0.3, -0.25) is 0 Å². The molecule has 0 saturated carbocycles. The van der Waals surface area contributed by atoms with Gasteiger partial charge >= 0.3 is 0 Å². The van der Waals surface area contributed by atoms with Gasteiger partial charge in [0.25, 0.3) is 0 Å². The van der Waals surface area contributed by atoms with Gasteiger partial charge in [-0.15, -0.1) is 0 Å². The molecule has 0 N–H and O–H groups in total. The Kier molecular flexibility index (Phi) is 2.73. The molecule has 0 heterocycles. The van der Waals surface area contributed by atoms with Gasteiger partial charge in [0.15, 0.2) is 0 Å². The molecule has 1 aromatic carbocycles. The Balaban J connectivity index is 2.32. The van der Waals surface area contributed by atoms with Crippen LogP contribution in [0.5, 0.6) is 0 Å². The lowest BCUT2D eigenvalue weighted by molar-refractivity contribution is 0.663.